The quantitative estimate of drug-likeness (QED) is 0.441. The number of hydrogen-bond acceptors (Lipinski definition) is 2. The zero-order valence-corrected chi connectivity index (χ0v) is 9.38. The van der Waals surface area contributed by atoms with E-state index >= 15 is 0 Å². The molecule has 2 nitrogen and oxygen atoms in total. The average Bonchev–Trinajstić information content (AvgIpc) is 2.59. The van der Waals surface area contributed by atoms with Crippen molar-refractivity contribution in [3.63, 3.8) is 0 Å². The molecule has 1 rings (SSSR count). The van der Waals surface area contributed by atoms with Gasteiger partial charge >= 0.3 is 5.97 Å². The minimum atomic E-state index is -0.842. The number of thiol groups is 1. The second-order valence-electron chi connectivity index (χ2n) is 2.27. The molecule has 0 fully saturated rings. The molecule has 1 aliphatic carbocycles. The minimum absolute atomic E-state index is 0. The molecule has 0 spiro atoms. The van der Waals surface area contributed by atoms with Crippen LogP contribution in [-0.4, -0.2) is 16.3 Å². The van der Waals surface area contributed by atoms with Gasteiger partial charge in [-0.3, -0.25) is 10.9 Å². The number of carboxylic acid groups (broad SMARTS) is 1. The molecule has 0 bridgehead atoms. The number of allylic oxidation sites excluding steroid dienone is 4. The molecule has 0 radical (unpaired) electrons. The van der Waals surface area contributed by atoms with E-state index in [-0.39, 0.29) is 17.1 Å². The molecule has 0 saturated heterocycles. The molecule has 1 atom stereocenters. The minimum Gasteiger partial charge on any atom is -0.480 e. The van der Waals surface area contributed by atoms with Crippen LogP contribution in [-0.2, 0) is 21.9 Å². The molecule has 1 unspecified atom stereocenters. The Morgan fingerprint density at radius 3 is 2.46 bits per heavy atom. The van der Waals surface area contributed by atoms with E-state index in [9.17, 15) is 4.79 Å². The fourth-order valence-electron chi connectivity index (χ4n) is 0.515. The number of carbonyl (C=O) groups is 1. The maximum Gasteiger partial charge on any atom is 0.316 e. The molecule has 0 aliphatic heterocycles. The molecule has 0 heterocycles. The first-order valence-electron chi connectivity index (χ1n) is 3.81. The molecule has 13 heavy (non-hydrogen) atoms. The van der Waals surface area contributed by atoms with E-state index in [1.54, 1.807) is 6.92 Å². The summed E-state index contributed by atoms with van der Waals surface area (Å²) in [6.45, 7) is 1.78. The van der Waals surface area contributed by atoms with Crippen LogP contribution < -0.4 is 0 Å². The van der Waals surface area contributed by atoms with Crippen LogP contribution >= 0.6 is 12.6 Å². The van der Waals surface area contributed by atoms with E-state index in [4.69, 9.17) is 5.11 Å². The van der Waals surface area contributed by atoms with Crippen molar-refractivity contribution in [1.29, 1.82) is 0 Å². The molecule has 0 aromatic rings. The zero-order chi connectivity index (χ0) is 9.40. The van der Waals surface area contributed by atoms with Gasteiger partial charge in [0.05, 0.1) is 5.25 Å². The van der Waals surface area contributed by atoms with Gasteiger partial charge < -0.3 is 5.11 Å². The summed E-state index contributed by atoms with van der Waals surface area (Å²) in [7, 11) is 0. The van der Waals surface area contributed by atoms with Gasteiger partial charge in [0.15, 0.2) is 0 Å². The van der Waals surface area contributed by atoms with Crippen LogP contribution in [0.3, 0.4) is 0 Å². The molecule has 0 amide bonds. The first kappa shape index (κ1) is 15.3. The molecule has 1 aliphatic rings. The summed E-state index contributed by atoms with van der Waals surface area (Å²) in [5.41, 5.74) is 0. The van der Waals surface area contributed by atoms with Crippen LogP contribution in [0.1, 0.15) is 19.8 Å². The molecule has 0 saturated carbocycles. The van der Waals surface area contributed by atoms with Gasteiger partial charge in [-0.25, -0.2) is 12.2 Å². The molecular formula is C9H13FeO2S-. The number of carboxylic acids is 1. The third-order valence-corrected chi connectivity index (χ3v) is 1.84. The van der Waals surface area contributed by atoms with E-state index in [1.807, 2.05) is 12.2 Å². The topological polar surface area (TPSA) is 37.3 Å². The van der Waals surface area contributed by atoms with Crippen LogP contribution in [0, 0.1) is 6.08 Å². The first-order chi connectivity index (χ1) is 5.68. The van der Waals surface area contributed by atoms with Crippen molar-refractivity contribution in [1.82, 2.24) is 0 Å². The van der Waals surface area contributed by atoms with Gasteiger partial charge in [-0.1, -0.05) is 6.92 Å². The van der Waals surface area contributed by atoms with E-state index in [1.165, 1.54) is 0 Å². The van der Waals surface area contributed by atoms with E-state index in [0.717, 1.165) is 6.42 Å². The van der Waals surface area contributed by atoms with Crippen molar-refractivity contribution in [3.8, 4) is 0 Å². The fraction of sp³-hybridized carbons (Fsp3) is 0.444. The Morgan fingerprint density at radius 1 is 1.77 bits per heavy atom. The predicted molar refractivity (Wildman–Crippen MR) is 52.3 cm³/mol. The second-order valence-corrected chi connectivity index (χ2v) is 2.89. The molecule has 0 aromatic heterocycles. The van der Waals surface area contributed by atoms with E-state index in [0.29, 0.717) is 6.42 Å². The summed E-state index contributed by atoms with van der Waals surface area (Å²) in [5.74, 6) is -0.842. The van der Waals surface area contributed by atoms with Crippen LogP contribution in [0.25, 0.3) is 0 Å². The summed E-state index contributed by atoms with van der Waals surface area (Å²) in [5, 5.41) is 7.62. The fourth-order valence-corrected chi connectivity index (χ4v) is 0.515. The van der Waals surface area contributed by atoms with Crippen molar-refractivity contribution in [2.24, 2.45) is 0 Å². The molecule has 4 heteroatoms. The Morgan fingerprint density at radius 2 is 2.38 bits per heavy atom. The molecule has 1 N–H and O–H groups in total. The predicted octanol–water partition coefficient (Wildman–Crippen LogP) is 2.08. The van der Waals surface area contributed by atoms with Crippen molar-refractivity contribution in [3.05, 3.63) is 24.3 Å². The van der Waals surface area contributed by atoms with Crippen molar-refractivity contribution in [2.45, 2.75) is 25.0 Å². The Bertz CT molecular complexity index is 180. The second kappa shape index (κ2) is 9.90. The molecule has 0 aromatic carbocycles. The number of aliphatic carboxylic acids is 1. The summed E-state index contributed by atoms with van der Waals surface area (Å²) in [4.78, 5) is 9.85. The number of rotatable bonds is 2. The third kappa shape index (κ3) is 9.74. The van der Waals surface area contributed by atoms with Crippen LogP contribution in [0.2, 0.25) is 0 Å². The standard InChI is InChI=1S/C5H5.C4H8O2S.Fe/c1-2-4-5-3-1;1-2-3(7)4(5)6;/h1-3H,4H2;3,7H,2H2,1H3,(H,5,6);/q-1;;. The normalized spacial score (nSPS) is 14.0. The largest absolute Gasteiger partial charge is 0.480 e. The SMILES string of the molecule is CCC(S)C(=O)O.[C-]1=CC=CC1.[Fe]. The van der Waals surface area contributed by atoms with Crippen molar-refractivity contribution >= 4 is 18.6 Å². The van der Waals surface area contributed by atoms with Gasteiger partial charge in [-0.05, 0) is 6.42 Å². The summed E-state index contributed by atoms with van der Waals surface area (Å²) >= 11 is 3.73. The maximum atomic E-state index is 9.85. The summed E-state index contributed by atoms with van der Waals surface area (Å²) in [6.07, 6.45) is 10.6. The summed E-state index contributed by atoms with van der Waals surface area (Å²) < 4.78 is 0. The van der Waals surface area contributed by atoms with Gasteiger partial charge in [-0.15, -0.1) is 6.42 Å². The average molecular weight is 241 g/mol. The van der Waals surface area contributed by atoms with E-state index < -0.39 is 11.2 Å². The zero-order valence-electron chi connectivity index (χ0n) is 7.38. The van der Waals surface area contributed by atoms with Crippen molar-refractivity contribution in [2.75, 3.05) is 0 Å². The van der Waals surface area contributed by atoms with Gasteiger partial charge in [0.2, 0.25) is 0 Å². The Balaban J connectivity index is 0. The third-order valence-electron chi connectivity index (χ3n) is 1.26. The maximum absolute atomic E-state index is 9.85. The van der Waals surface area contributed by atoms with Crippen LogP contribution in [0.4, 0.5) is 0 Å². The van der Waals surface area contributed by atoms with Gasteiger partial charge in [-0.2, -0.15) is 18.7 Å². The molecular weight excluding hydrogens is 228 g/mol. The Kier molecular flexibility index (Phi) is 11.7. The molecule has 76 valence electrons. The van der Waals surface area contributed by atoms with Gasteiger partial charge in [0.1, 0.15) is 0 Å². The van der Waals surface area contributed by atoms with Crippen LogP contribution in [0.15, 0.2) is 18.2 Å². The number of hydrogen-bond donors (Lipinski definition) is 2. The smallest absolute Gasteiger partial charge is 0.316 e. The first-order valence-corrected chi connectivity index (χ1v) is 4.32. The summed E-state index contributed by atoms with van der Waals surface area (Å²) in [6, 6.07) is 0. The Hall–Kier alpha value is -0.181. The monoisotopic (exact) mass is 241 g/mol. The van der Waals surface area contributed by atoms with Gasteiger partial charge in [0.25, 0.3) is 0 Å². The van der Waals surface area contributed by atoms with Gasteiger partial charge in [0, 0.05) is 17.1 Å². The Labute approximate surface area is 95.0 Å². The van der Waals surface area contributed by atoms with E-state index in [2.05, 4.69) is 24.8 Å². The van der Waals surface area contributed by atoms with Crippen LogP contribution in [0.5, 0.6) is 0 Å². The van der Waals surface area contributed by atoms with Crippen molar-refractivity contribution < 1.29 is 27.0 Å².